The minimum atomic E-state index is 0.299. The quantitative estimate of drug-likeness (QED) is 0.800. The van der Waals surface area contributed by atoms with Gasteiger partial charge in [0, 0.05) is 10.0 Å². The molecule has 0 heterocycles. The first kappa shape index (κ1) is 11.9. The second-order valence-electron chi connectivity index (χ2n) is 2.75. The van der Waals surface area contributed by atoms with E-state index in [1.807, 2.05) is 25.1 Å². The van der Waals surface area contributed by atoms with E-state index in [4.69, 9.17) is 27.9 Å². The van der Waals surface area contributed by atoms with E-state index in [2.05, 4.69) is 15.9 Å². The lowest BCUT2D eigenvalue weighted by Gasteiger charge is -2.08. The lowest BCUT2D eigenvalue weighted by Crippen LogP contribution is -1.98. The van der Waals surface area contributed by atoms with Crippen molar-refractivity contribution in [1.82, 2.24) is 0 Å². The van der Waals surface area contributed by atoms with Crippen molar-refractivity contribution >= 4 is 39.1 Å². The molecule has 0 bridgehead atoms. The molecule has 0 saturated carbocycles. The first-order chi connectivity index (χ1) is 6.63. The second-order valence-corrected chi connectivity index (χ2v) is 4.37. The third-order valence-electron chi connectivity index (χ3n) is 1.62. The van der Waals surface area contributed by atoms with E-state index < -0.39 is 0 Å². The van der Waals surface area contributed by atoms with E-state index in [0.29, 0.717) is 11.6 Å². The van der Waals surface area contributed by atoms with Gasteiger partial charge >= 0.3 is 0 Å². The molecule has 0 unspecified atom stereocenters. The normalized spacial score (nSPS) is 11.6. The standard InChI is InChI=1S/C10H9BrCl2O/c1-7-4-8(11)2-3-10(7)14-6-9(13)5-12/h2-5H,6H2,1H3. The molecule has 1 aromatic carbocycles. The van der Waals surface area contributed by atoms with Crippen LogP contribution in [0.2, 0.25) is 0 Å². The van der Waals surface area contributed by atoms with Crippen LogP contribution < -0.4 is 4.74 Å². The third kappa shape index (κ3) is 3.52. The minimum absolute atomic E-state index is 0.299. The first-order valence-corrected chi connectivity index (χ1v) is 5.58. The van der Waals surface area contributed by atoms with Gasteiger partial charge in [-0.1, -0.05) is 39.1 Å². The molecule has 1 aromatic rings. The second kappa shape index (κ2) is 5.64. The molecule has 0 aliphatic carbocycles. The Morgan fingerprint density at radius 2 is 2.29 bits per heavy atom. The van der Waals surface area contributed by atoms with Gasteiger partial charge in [0.25, 0.3) is 0 Å². The predicted octanol–water partition coefficient (Wildman–Crippen LogP) is 4.46. The van der Waals surface area contributed by atoms with Gasteiger partial charge in [0.15, 0.2) is 0 Å². The highest BCUT2D eigenvalue weighted by atomic mass is 79.9. The highest BCUT2D eigenvalue weighted by Gasteiger charge is 2.00. The Kier molecular flexibility index (Phi) is 4.79. The van der Waals surface area contributed by atoms with Crippen LogP contribution in [0.3, 0.4) is 0 Å². The number of hydrogen-bond donors (Lipinski definition) is 0. The van der Waals surface area contributed by atoms with Gasteiger partial charge in [-0.05, 0) is 30.7 Å². The number of ether oxygens (including phenoxy) is 1. The van der Waals surface area contributed by atoms with Crippen molar-refractivity contribution in [3.63, 3.8) is 0 Å². The summed E-state index contributed by atoms with van der Waals surface area (Å²) in [6.07, 6.45) is 0. The summed E-state index contributed by atoms with van der Waals surface area (Å²) in [5.41, 5.74) is 2.36. The zero-order chi connectivity index (χ0) is 10.6. The molecular weight excluding hydrogens is 287 g/mol. The average molecular weight is 296 g/mol. The molecule has 14 heavy (non-hydrogen) atoms. The molecule has 0 aromatic heterocycles. The largest absolute Gasteiger partial charge is 0.488 e. The fraction of sp³-hybridized carbons (Fsp3) is 0.200. The van der Waals surface area contributed by atoms with Crippen molar-refractivity contribution in [1.29, 1.82) is 0 Å². The van der Waals surface area contributed by atoms with E-state index >= 15 is 0 Å². The summed E-state index contributed by atoms with van der Waals surface area (Å²) in [6, 6.07) is 5.78. The maximum atomic E-state index is 5.69. The van der Waals surface area contributed by atoms with Gasteiger partial charge in [0.1, 0.15) is 12.4 Å². The fourth-order valence-corrected chi connectivity index (χ4v) is 1.55. The van der Waals surface area contributed by atoms with E-state index in [-0.39, 0.29) is 0 Å². The van der Waals surface area contributed by atoms with Crippen LogP contribution in [0.25, 0.3) is 0 Å². The number of halogens is 3. The molecule has 0 spiro atoms. The van der Waals surface area contributed by atoms with Crippen LogP contribution in [-0.4, -0.2) is 6.61 Å². The lowest BCUT2D eigenvalue weighted by molar-refractivity contribution is 0.357. The highest BCUT2D eigenvalue weighted by Crippen LogP contribution is 2.22. The number of benzene rings is 1. The van der Waals surface area contributed by atoms with Gasteiger partial charge in [-0.15, -0.1) is 0 Å². The van der Waals surface area contributed by atoms with Crippen molar-refractivity contribution in [2.24, 2.45) is 0 Å². The number of aryl methyl sites for hydroxylation is 1. The van der Waals surface area contributed by atoms with Crippen molar-refractivity contribution in [2.45, 2.75) is 6.92 Å². The maximum absolute atomic E-state index is 5.69. The predicted molar refractivity (Wildman–Crippen MR) is 64.2 cm³/mol. The van der Waals surface area contributed by atoms with Crippen molar-refractivity contribution < 1.29 is 4.74 Å². The molecule has 0 aliphatic rings. The Morgan fingerprint density at radius 3 is 2.86 bits per heavy atom. The van der Waals surface area contributed by atoms with Crippen molar-refractivity contribution in [3.05, 3.63) is 38.8 Å². The molecule has 1 nitrogen and oxygen atoms in total. The molecule has 4 heteroatoms. The van der Waals surface area contributed by atoms with Gasteiger partial charge in [-0.2, -0.15) is 0 Å². The Hall–Kier alpha value is -0.180. The SMILES string of the molecule is Cc1cc(Br)ccc1OCC(Cl)=CCl. The van der Waals surface area contributed by atoms with Gasteiger partial charge in [0.2, 0.25) is 0 Å². The summed E-state index contributed by atoms with van der Waals surface area (Å²) < 4.78 is 6.47. The Balaban J connectivity index is 2.68. The molecule has 0 atom stereocenters. The summed E-state index contributed by atoms with van der Waals surface area (Å²) in [6.45, 7) is 2.27. The van der Waals surface area contributed by atoms with Gasteiger partial charge in [-0.25, -0.2) is 0 Å². The molecule has 0 amide bonds. The molecule has 1 rings (SSSR count). The molecule has 0 saturated heterocycles. The Morgan fingerprint density at radius 1 is 1.57 bits per heavy atom. The lowest BCUT2D eigenvalue weighted by atomic mass is 10.2. The smallest absolute Gasteiger partial charge is 0.125 e. The van der Waals surface area contributed by atoms with Crippen LogP contribution in [0.15, 0.2) is 33.2 Å². The van der Waals surface area contributed by atoms with Gasteiger partial charge in [0.05, 0.1) is 5.03 Å². The fourth-order valence-electron chi connectivity index (χ4n) is 0.953. The summed E-state index contributed by atoms with van der Waals surface area (Å²) >= 11 is 14.5. The Bertz CT molecular complexity index is 350. The van der Waals surface area contributed by atoms with Crippen molar-refractivity contribution in [2.75, 3.05) is 6.61 Å². The van der Waals surface area contributed by atoms with Crippen LogP contribution in [0, 0.1) is 6.92 Å². The molecule has 0 aliphatic heterocycles. The zero-order valence-corrected chi connectivity index (χ0v) is 10.7. The Labute approximate surface area is 102 Å². The molecule has 76 valence electrons. The molecule has 0 N–H and O–H groups in total. The van der Waals surface area contributed by atoms with Crippen LogP contribution in [0.5, 0.6) is 5.75 Å². The van der Waals surface area contributed by atoms with Crippen LogP contribution in [0.1, 0.15) is 5.56 Å². The summed E-state index contributed by atoms with van der Waals surface area (Å²) in [5.74, 6) is 0.810. The van der Waals surface area contributed by atoms with E-state index in [1.54, 1.807) is 0 Å². The number of rotatable bonds is 3. The van der Waals surface area contributed by atoms with Gasteiger partial charge in [-0.3, -0.25) is 0 Å². The highest BCUT2D eigenvalue weighted by molar-refractivity contribution is 9.10. The minimum Gasteiger partial charge on any atom is -0.488 e. The summed E-state index contributed by atoms with van der Waals surface area (Å²) in [4.78, 5) is 0. The monoisotopic (exact) mass is 294 g/mol. The van der Waals surface area contributed by atoms with Crippen LogP contribution >= 0.6 is 39.1 Å². The molecule has 0 fully saturated rings. The molecule has 0 radical (unpaired) electrons. The maximum Gasteiger partial charge on any atom is 0.125 e. The summed E-state index contributed by atoms with van der Waals surface area (Å²) in [7, 11) is 0. The van der Waals surface area contributed by atoms with E-state index in [0.717, 1.165) is 15.8 Å². The topological polar surface area (TPSA) is 9.23 Å². The molecular formula is C10H9BrCl2O. The average Bonchev–Trinajstić information content (AvgIpc) is 2.16. The van der Waals surface area contributed by atoms with Crippen LogP contribution in [-0.2, 0) is 0 Å². The van der Waals surface area contributed by atoms with E-state index in [1.165, 1.54) is 5.54 Å². The van der Waals surface area contributed by atoms with Crippen molar-refractivity contribution in [3.8, 4) is 5.75 Å². The summed E-state index contributed by atoms with van der Waals surface area (Å²) in [5, 5.41) is 0.481. The third-order valence-corrected chi connectivity index (χ3v) is 2.71. The van der Waals surface area contributed by atoms with Gasteiger partial charge < -0.3 is 4.74 Å². The first-order valence-electron chi connectivity index (χ1n) is 3.97. The van der Waals surface area contributed by atoms with E-state index in [9.17, 15) is 0 Å². The van der Waals surface area contributed by atoms with Crippen LogP contribution in [0.4, 0.5) is 0 Å². The zero-order valence-electron chi connectivity index (χ0n) is 7.56. The number of hydrogen-bond acceptors (Lipinski definition) is 1.